The van der Waals surface area contributed by atoms with Gasteiger partial charge in [0, 0.05) is 9.85 Å². The standard InChI is InChI=1S/C12H13BrN2O2S/c1-6(2)10(12(16)17)11-14-4-8(15-11)9-3-7(13)5-18-9/h3-6,10H,1-2H3,(H,14,15)(H,16,17). The van der Waals surface area contributed by atoms with Crippen molar-refractivity contribution in [3.05, 3.63) is 27.9 Å². The minimum Gasteiger partial charge on any atom is -0.481 e. The Morgan fingerprint density at radius 3 is 2.78 bits per heavy atom. The SMILES string of the molecule is CC(C)C(C(=O)O)c1ncc(-c2cc(Br)cs2)[nH]1. The van der Waals surface area contributed by atoms with Crippen LogP contribution in [-0.2, 0) is 4.79 Å². The number of nitrogens with zero attached hydrogens (tertiary/aromatic N) is 1. The van der Waals surface area contributed by atoms with Crippen molar-refractivity contribution in [3.63, 3.8) is 0 Å². The lowest BCUT2D eigenvalue weighted by Gasteiger charge is -2.12. The minimum absolute atomic E-state index is 0.00317. The van der Waals surface area contributed by atoms with E-state index in [1.165, 1.54) is 0 Å². The predicted octanol–water partition coefficient (Wildman–Crippen LogP) is 3.72. The molecule has 0 bridgehead atoms. The van der Waals surface area contributed by atoms with Crippen molar-refractivity contribution in [3.8, 4) is 10.6 Å². The Morgan fingerprint density at radius 1 is 1.56 bits per heavy atom. The van der Waals surface area contributed by atoms with Gasteiger partial charge < -0.3 is 10.1 Å². The zero-order valence-electron chi connectivity index (χ0n) is 9.98. The quantitative estimate of drug-likeness (QED) is 0.898. The third-order valence-corrected chi connectivity index (χ3v) is 4.38. The summed E-state index contributed by atoms with van der Waals surface area (Å²) in [6, 6.07) is 1.98. The molecule has 0 amide bonds. The maximum Gasteiger partial charge on any atom is 0.314 e. The summed E-state index contributed by atoms with van der Waals surface area (Å²) < 4.78 is 1.01. The first-order valence-electron chi connectivity index (χ1n) is 5.51. The van der Waals surface area contributed by atoms with Crippen molar-refractivity contribution in [1.82, 2.24) is 9.97 Å². The molecule has 0 aliphatic heterocycles. The molecule has 4 nitrogen and oxygen atoms in total. The number of aromatic amines is 1. The number of rotatable bonds is 4. The molecule has 96 valence electrons. The summed E-state index contributed by atoms with van der Waals surface area (Å²) in [6.07, 6.45) is 1.69. The van der Waals surface area contributed by atoms with Gasteiger partial charge in [0.2, 0.25) is 0 Å². The van der Waals surface area contributed by atoms with E-state index in [-0.39, 0.29) is 5.92 Å². The third-order valence-electron chi connectivity index (χ3n) is 2.66. The molecule has 2 N–H and O–H groups in total. The Labute approximate surface area is 117 Å². The Morgan fingerprint density at radius 2 is 2.28 bits per heavy atom. The number of carboxylic acid groups (broad SMARTS) is 1. The maximum atomic E-state index is 11.2. The van der Waals surface area contributed by atoms with Gasteiger partial charge in [-0.1, -0.05) is 13.8 Å². The number of imidazole rings is 1. The van der Waals surface area contributed by atoms with Crippen molar-refractivity contribution in [2.24, 2.45) is 5.92 Å². The summed E-state index contributed by atoms with van der Waals surface area (Å²) in [7, 11) is 0. The van der Waals surface area contributed by atoms with E-state index < -0.39 is 11.9 Å². The summed E-state index contributed by atoms with van der Waals surface area (Å²) in [5, 5.41) is 11.2. The lowest BCUT2D eigenvalue weighted by Crippen LogP contribution is -2.18. The zero-order valence-corrected chi connectivity index (χ0v) is 12.4. The van der Waals surface area contributed by atoms with Crippen LogP contribution in [0.25, 0.3) is 10.6 Å². The third kappa shape index (κ3) is 2.64. The summed E-state index contributed by atoms with van der Waals surface area (Å²) in [4.78, 5) is 19.6. The van der Waals surface area contributed by atoms with E-state index in [1.54, 1.807) is 17.5 Å². The molecule has 0 spiro atoms. The number of carbonyl (C=O) groups is 1. The van der Waals surface area contributed by atoms with Gasteiger partial charge in [-0.25, -0.2) is 4.98 Å². The van der Waals surface area contributed by atoms with Crippen molar-refractivity contribution in [2.45, 2.75) is 19.8 Å². The first kappa shape index (κ1) is 13.3. The van der Waals surface area contributed by atoms with Crippen molar-refractivity contribution < 1.29 is 9.90 Å². The lowest BCUT2D eigenvalue weighted by molar-refractivity contribution is -0.140. The predicted molar refractivity (Wildman–Crippen MR) is 74.8 cm³/mol. The highest BCUT2D eigenvalue weighted by molar-refractivity contribution is 9.10. The number of carboxylic acids is 1. The molecule has 18 heavy (non-hydrogen) atoms. The van der Waals surface area contributed by atoms with E-state index in [2.05, 4.69) is 25.9 Å². The van der Waals surface area contributed by atoms with Gasteiger partial charge in [0.05, 0.1) is 16.8 Å². The molecule has 2 aromatic rings. The minimum atomic E-state index is -0.849. The second kappa shape index (κ2) is 5.24. The first-order chi connectivity index (χ1) is 8.49. The largest absolute Gasteiger partial charge is 0.481 e. The van der Waals surface area contributed by atoms with Crippen LogP contribution in [0.15, 0.2) is 22.1 Å². The smallest absolute Gasteiger partial charge is 0.314 e. The lowest BCUT2D eigenvalue weighted by atomic mass is 9.95. The summed E-state index contributed by atoms with van der Waals surface area (Å²) >= 11 is 4.97. The van der Waals surface area contributed by atoms with Crippen LogP contribution >= 0.6 is 27.3 Å². The molecule has 1 atom stereocenters. The number of aromatic nitrogens is 2. The number of hydrogen-bond donors (Lipinski definition) is 2. The van der Waals surface area contributed by atoms with Gasteiger partial charge in [-0.15, -0.1) is 11.3 Å². The van der Waals surface area contributed by atoms with Crippen molar-refractivity contribution in [1.29, 1.82) is 0 Å². The van der Waals surface area contributed by atoms with Crippen molar-refractivity contribution in [2.75, 3.05) is 0 Å². The molecule has 0 aliphatic rings. The second-order valence-corrected chi connectivity index (χ2v) is 6.20. The molecule has 0 saturated carbocycles. The fourth-order valence-electron chi connectivity index (χ4n) is 1.79. The molecule has 0 aliphatic carbocycles. The van der Waals surface area contributed by atoms with E-state index in [4.69, 9.17) is 0 Å². The Kier molecular flexibility index (Phi) is 3.87. The van der Waals surface area contributed by atoms with Gasteiger partial charge in [0.15, 0.2) is 0 Å². The van der Waals surface area contributed by atoms with Gasteiger partial charge in [0.1, 0.15) is 11.7 Å². The number of hydrogen-bond acceptors (Lipinski definition) is 3. The Bertz CT molecular complexity index is 562. The highest BCUT2D eigenvalue weighted by Gasteiger charge is 2.26. The molecule has 2 heterocycles. The zero-order chi connectivity index (χ0) is 13.3. The number of nitrogens with one attached hydrogen (secondary N) is 1. The average Bonchev–Trinajstić information content (AvgIpc) is 2.85. The number of aliphatic carboxylic acids is 1. The highest BCUT2D eigenvalue weighted by atomic mass is 79.9. The molecule has 2 rings (SSSR count). The van der Waals surface area contributed by atoms with E-state index in [9.17, 15) is 9.90 Å². The van der Waals surface area contributed by atoms with Gasteiger partial charge in [0.25, 0.3) is 0 Å². The van der Waals surface area contributed by atoms with Crippen LogP contribution in [0.4, 0.5) is 0 Å². The van der Waals surface area contributed by atoms with Crippen LogP contribution in [0, 0.1) is 5.92 Å². The van der Waals surface area contributed by atoms with E-state index in [1.807, 2.05) is 25.3 Å². The molecular weight excluding hydrogens is 316 g/mol. The number of H-pyrrole nitrogens is 1. The van der Waals surface area contributed by atoms with E-state index in [0.29, 0.717) is 5.82 Å². The Balaban J connectivity index is 2.32. The molecular formula is C12H13BrN2O2S. The van der Waals surface area contributed by atoms with E-state index in [0.717, 1.165) is 15.0 Å². The molecule has 6 heteroatoms. The van der Waals surface area contributed by atoms with Crippen LogP contribution in [0.3, 0.4) is 0 Å². The summed E-state index contributed by atoms with van der Waals surface area (Å²) in [6.45, 7) is 3.76. The Hall–Kier alpha value is -1.14. The fourth-order valence-corrected chi connectivity index (χ4v) is 3.19. The molecule has 1 unspecified atom stereocenters. The monoisotopic (exact) mass is 328 g/mol. The van der Waals surface area contributed by atoms with Gasteiger partial charge in [-0.3, -0.25) is 4.79 Å². The average molecular weight is 329 g/mol. The maximum absolute atomic E-state index is 11.2. The molecule has 0 fully saturated rings. The molecule has 0 saturated heterocycles. The normalized spacial score (nSPS) is 12.9. The van der Waals surface area contributed by atoms with Gasteiger partial charge in [-0.2, -0.15) is 0 Å². The van der Waals surface area contributed by atoms with Crippen LogP contribution in [0.1, 0.15) is 25.6 Å². The number of halogens is 1. The molecule has 0 radical (unpaired) electrons. The number of thiophene rings is 1. The van der Waals surface area contributed by atoms with Gasteiger partial charge in [-0.05, 0) is 27.9 Å². The van der Waals surface area contributed by atoms with Crippen molar-refractivity contribution >= 4 is 33.2 Å². The summed E-state index contributed by atoms with van der Waals surface area (Å²) in [5.41, 5.74) is 0.854. The molecule has 2 aromatic heterocycles. The van der Waals surface area contributed by atoms with Crippen LogP contribution < -0.4 is 0 Å². The van der Waals surface area contributed by atoms with Crippen LogP contribution in [0.2, 0.25) is 0 Å². The summed E-state index contributed by atoms with van der Waals surface area (Å²) in [5.74, 6) is -0.936. The van der Waals surface area contributed by atoms with Gasteiger partial charge >= 0.3 is 5.97 Å². The highest BCUT2D eigenvalue weighted by Crippen LogP contribution is 2.30. The van der Waals surface area contributed by atoms with E-state index >= 15 is 0 Å². The second-order valence-electron chi connectivity index (χ2n) is 4.37. The topological polar surface area (TPSA) is 66.0 Å². The van der Waals surface area contributed by atoms with Crippen LogP contribution in [0.5, 0.6) is 0 Å². The fraction of sp³-hybridized carbons (Fsp3) is 0.333. The first-order valence-corrected chi connectivity index (χ1v) is 7.18. The molecule has 0 aromatic carbocycles. The van der Waals surface area contributed by atoms with Crippen LogP contribution in [-0.4, -0.2) is 21.0 Å².